The third-order valence-corrected chi connectivity index (χ3v) is 17.6. The number of para-hydroxylation sites is 2. The molecule has 2 aromatic heterocycles. The molecule has 57 heavy (non-hydrogen) atoms. The molecular weight excluding hydrogens is 723 g/mol. The third kappa shape index (κ3) is 5.50. The first kappa shape index (κ1) is 33.5. The Bertz CT molecular complexity index is 3180. The SMILES string of the molecule is c1ccc(-c2cc(-c3ccc4c5ccccc5n(-c5ccccc5)c4c3)cc([Si](c3ccccc3)(c3ccccc3)c3ccc4sc5ccccc5c4c3)c2)cc1. The summed E-state index contributed by atoms with van der Waals surface area (Å²) in [4.78, 5) is 0. The van der Waals surface area contributed by atoms with Gasteiger partial charge in [0.15, 0.2) is 8.07 Å². The monoisotopic (exact) mass is 759 g/mol. The molecule has 0 aliphatic heterocycles. The van der Waals surface area contributed by atoms with Gasteiger partial charge in [0, 0.05) is 36.6 Å². The van der Waals surface area contributed by atoms with E-state index in [1.165, 1.54) is 85.0 Å². The molecule has 0 bridgehead atoms. The zero-order chi connectivity index (χ0) is 37.8. The van der Waals surface area contributed by atoms with Crippen molar-refractivity contribution in [2.75, 3.05) is 0 Å². The van der Waals surface area contributed by atoms with Gasteiger partial charge < -0.3 is 4.57 Å². The molecule has 0 unspecified atom stereocenters. The predicted molar refractivity (Wildman–Crippen MR) is 248 cm³/mol. The maximum absolute atomic E-state index is 2.95. The standard InChI is InChI=1S/C54H37NSSi/c1-5-17-38(18-6-1)40-33-41(39-29-31-48-47-25-13-15-27-51(47)55(52(48)36-39)42-19-7-2-8-20-42)35-46(34-40)57(43-21-9-3-10-22-43,44-23-11-4-12-24-44)45-30-32-54-50(37-45)49-26-14-16-28-53(49)56-54/h1-37H. The Hall–Kier alpha value is -6.78. The van der Waals surface area contributed by atoms with E-state index in [-0.39, 0.29) is 0 Å². The lowest BCUT2D eigenvalue weighted by Gasteiger charge is -2.35. The van der Waals surface area contributed by atoms with Crippen molar-refractivity contribution in [1.29, 1.82) is 0 Å². The second-order valence-electron chi connectivity index (χ2n) is 14.9. The van der Waals surface area contributed by atoms with Gasteiger partial charge >= 0.3 is 0 Å². The van der Waals surface area contributed by atoms with E-state index in [4.69, 9.17) is 0 Å². The van der Waals surface area contributed by atoms with Gasteiger partial charge in [-0.25, -0.2) is 0 Å². The summed E-state index contributed by atoms with van der Waals surface area (Å²) in [5, 5.41) is 10.6. The normalized spacial score (nSPS) is 11.9. The average Bonchev–Trinajstić information content (AvgIpc) is 3.83. The molecule has 0 amide bonds. The highest BCUT2D eigenvalue weighted by Crippen LogP contribution is 2.37. The molecule has 0 radical (unpaired) electrons. The van der Waals surface area contributed by atoms with E-state index >= 15 is 0 Å². The molecule has 0 fully saturated rings. The van der Waals surface area contributed by atoms with Crippen molar-refractivity contribution in [2.45, 2.75) is 0 Å². The summed E-state index contributed by atoms with van der Waals surface area (Å²) in [5.41, 5.74) is 8.42. The zero-order valence-electron chi connectivity index (χ0n) is 31.2. The van der Waals surface area contributed by atoms with Crippen LogP contribution in [0.3, 0.4) is 0 Å². The van der Waals surface area contributed by atoms with E-state index in [1.54, 1.807) is 0 Å². The molecular formula is C54H37NSSi. The number of fused-ring (bicyclic) bond motifs is 6. The second-order valence-corrected chi connectivity index (χ2v) is 19.8. The van der Waals surface area contributed by atoms with Crippen molar-refractivity contribution in [3.63, 3.8) is 0 Å². The van der Waals surface area contributed by atoms with E-state index in [2.05, 4.69) is 229 Å². The van der Waals surface area contributed by atoms with Gasteiger partial charge in [-0.05, 0) is 85.5 Å². The van der Waals surface area contributed by atoms with Gasteiger partial charge in [-0.2, -0.15) is 0 Å². The summed E-state index contributed by atoms with van der Waals surface area (Å²) >= 11 is 1.88. The molecule has 9 aromatic carbocycles. The van der Waals surface area contributed by atoms with Crippen LogP contribution in [0.25, 0.3) is 69.9 Å². The van der Waals surface area contributed by atoms with Crippen molar-refractivity contribution >= 4 is 82.1 Å². The van der Waals surface area contributed by atoms with Crippen molar-refractivity contribution in [3.8, 4) is 27.9 Å². The van der Waals surface area contributed by atoms with E-state index in [1.807, 2.05) is 11.3 Å². The summed E-state index contributed by atoms with van der Waals surface area (Å²) in [6.07, 6.45) is 0. The quantitative estimate of drug-likeness (QED) is 0.113. The summed E-state index contributed by atoms with van der Waals surface area (Å²) in [6.45, 7) is 0. The highest BCUT2D eigenvalue weighted by atomic mass is 32.1. The fraction of sp³-hybridized carbons (Fsp3) is 0. The zero-order valence-corrected chi connectivity index (χ0v) is 33.0. The van der Waals surface area contributed by atoms with E-state index < -0.39 is 8.07 Å². The molecule has 0 atom stereocenters. The fourth-order valence-corrected chi connectivity index (χ4v) is 15.1. The molecule has 2 heterocycles. The Morgan fingerprint density at radius 2 is 0.860 bits per heavy atom. The number of thiophene rings is 1. The molecule has 0 aliphatic carbocycles. The molecule has 0 saturated carbocycles. The van der Waals surface area contributed by atoms with Gasteiger partial charge in [0.25, 0.3) is 0 Å². The first-order chi connectivity index (χ1) is 28.3. The number of nitrogens with zero attached hydrogens (tertiary/aromatic N) is 1. The molecule has 0 saturated heterocycles. The molecule has 3 heteroatoms. The lowest BCUT2D eigenvalue weighted by atomic mass is 9.98. The molecule has 0 N–H and O–H groups in total. The largest absolute Gasteiger partial charge is 0.309 e. The van der Waals surface area contributed by atoms with Crippen LogP contribution in [0.15, 0.2) is 224 Å². The highest BCUT2D eigenvalue weighted by Gasteiger charge is 2.42. The van der Waals surface area contributed by atoms with Crippen LogP contribution in [-0.4, -0.2) is 12.6 Å². The van der Waals surface area contributed by atoms with Crippen LogP contribution in [0.5, 0.6) is 0 Å². The van der Waals surface area contributed by atoms with Crippen LogP contribution in [0.2, 0.25) is 0 Å². The van der Waals surface area contributed by atoms with Crippen LogP contribution >= 0.6 is 11.3 Å². The van der Waals surface area contributed by atoms with Crippen LogP contribution in [0, 0.1) is 0 Å². The van der Waals surface area contributed by atoms with E-state index in [9.17, 15) is 0 Å². The molecule has 11 aromatic rings. The third-order valence-electron chi connectivity index (χ3n) is 11.7. The number of rotatable bonds is 7. The maximum atomic E-state index is 2.53. The lowest BCUT2D eigenvalue weighted by Crippen LogP contribution is -2.74. The summed E-state index contributed by atoms with van der Waals surface area (Å²) in [7, 11) is -2.95. The van der Waals surface area contributed by atoms with Crippen molar-refractivity contribution in [1.82, 2.24) is 4.57 Å². The molecule has 1 nitrogen and oxygen atoms in total. The number of hydrogen-bond donors (Lipinski definition) is 0. The fourth-order valence-electron chi connectivity index (χ4n) is 9.15. The highest BCUT2D eigenvalue weighted by molar-refractivity contribution is 7.26. The lowest BCUT2D eigenvalue weighted by molar-refractivity contribution is 1.18. The number of hydrogen-bond acceptors (Lipinski definition) is 1. The van der Waals surface area contributed by atoms with Gasteiger partial charge in [-0.1, -0.05) is 182 Å². The van der Waals surface area contributed by atoms with E-state index in [0.29, 0.717) is 0 Å². The predicted octanol–water partition coefficient (Wildman–Crippen LogP) is 11.9. The molecule has 0 aliphatic rings. The Morgan fingerprint density at radius 1 is 0.298 bits per heavy atom. The molecule has 268 valence electrons. The molecule has 0 spiro atoms. The van der Waals surface area contributed by atoms with Crippen LogP contribution in [-0.2, 0) is 0 Å². The summed E-state index contributed by atoms with van der Waals surface area (Å²) < 4.78 is 5.07. The Morgan fingerprint density at radius 3 is 1.58 bits per heavy atom. The minimum absolute atomic E-state index is 1.16. The van der Waals surface area contributed by atoms with Gasteiger partial charge in [-0.3, -0.25) is 0 Å². The average molecular weight is 760 g/mol. The van der Waals surface area contributed by atoms with Crippen molar-refractivity contribution in [2.24, 2.45) is 0 Å². The number of aromatic nitrogens is 1. The van der Waals surface area contributed by atoms with Gasteiger partial charge in [0.2, 0.25) is 0 Å². The van der Waals surface area contributed by atoms with Gasteiger partial charge in [0.05, 0.1) is 11.0 Å². The first-order valence-electron chi connectivity index (χ1n) is 19.6. The summed E-state index contributed by atoms with van der Waals surface area (Å²) in [6, 6.07) is 83.8. The topological polar surface area (TPSA) is 4.93 Å². The van der Waals surface area contributed by atoms with Crippen molar-refractivity contribution < 1.29 is 0 Å². The van der Waals surface area contributed by atoms with Crippen LogP contribution < -0.4 is 20.7 Å². The van der Waals surface area contributed by atoms with Crippen molar-refractivity contribution in [3.05, 3.63) is 224 Å². The van der Waals surface area contributed by atoms with Gasteiger partial charge in [-0.15, -0.1) is 11.3 Å². The smallest absolute Gasteiger partial charge is 0.179 e. The maximum Gasteiger partial charge on any atom is 0.179 e. The van der Waals surface area contributed by atoms with Gasteiger partial charge in [0.1, 0.15) is 0 Å². The van der Waals surface area contributed by atoms with Crippen LogP contribution in [0.4, 0.5) is 0 Å². The van der Waals surface area contributed by atoms with E-state index in [0.717, 1.165) is 5.69 Å². The Labute approximate surface area is 337 Å². The Balaban J connectivity index is 1.24. The number of benzene rings is 9. The Kier molecular flexibility index (Phi) is 8.09. The van der Waals surface area contributed by atoms with Crippen LogP contribution in [0.1, 0.15) is 0 Å². The first-order valence-corrected chi connectivity index (χ1v) is 22.4. The summed E-state index contributed by atoms with van der Waals surface area (Å²) in [5.74, 6) is 0. The minimum Gasteiger partial charge on any atom is -0.309 e. The second kappa shape index (κ2) is 13.8. The minimum atomic E-state index is -2.95. The molecule has 11 rings (SSSR count).